The van der Waals surface area contributed by atoms with E-state index in [-0.39, 0.29) is 5.95 Å². The summed E-state index contributed by atoms with van der Waals surface area (Å²) in [5.74, 6) is 1.48. The van der Waals surface area contributed by atoms with Crippen molar-refractivity contribution in [2.45, 2.75) is 26.7 Å². The van der Waals surface area contributed by atoms with Crippen molar-refractivity contribution in [3.8, 4) is 5.88 Å². The quantitative estimate of drug-likeness (QED) is 0.699. The van der Waals surface area contributed by atoms with Crippen molar-refractivity contribution in [3.63, 3.8) is 0 Å². The average Bonchev–Trinajstić information content (AvgIpc) is 2.18. The lowest BCUT2D eigenvalue weighted by Crippen LogP contribution is -2.06. The van der Waals surface area contributed by atoms with Crippen LogP contribution in [0.3, 0.4) is 0 Å². The molecule has 5 heteroatoms. The Morgan fingerprint density at radius 1 is 1.40 bits per heavy atom. The molecule has 1 rings (SSSR count). The van der Waals surface area contributed by atoms with Crippen molar-refractivity contribution in [1.29, 1.82) is 0 Å². The minimum atomic E-state index is 0.236. The first-order chi connectivity index (χ1) is 7.26. The fourth-order valence-electron chi connectivity index (χ4n) is 1.11. The molecule has 3 N–H and O–H groups in total. The third-order valence-corrected chi connectivity index (χ3v) is 1.83. The van der Waals surface area contributed by atoms with E-state index in [9.17, 15) is 0 Å². The average molecular weight is 210 g/mol. The van der Waals surface area contributed by atoms with Gasteiger partial charge in [0.15, 0.2) is 0 Å². The monoisotopic (exact) mass is 210 g/mol. The van der Waals surface area contributed by atoms with Gasteiger partial charge in [-0.25, -0.2) is 0 Å². The summed E-state index contributed by atoms with van der Waals surface area (Å²) < 4.78 is 5.44. The Bertz CT molecular complexity index is 303. The van der Waals surface area contributed by atoms with Crippen LogP contribution in [-0.2, 0) is 0 Å². The van der Waals surface area contributed by atoms with E-state index in [1.165, 1.54) is 0 Å². The minimum absolute atomic E-state index is 0.236. The van der Waals surface area contributed by atoms with Crippen LogP contribution in [0, 0.1) is 0 Å². The molecule has 5 nitrogen and oxygen atoms in total. The van der Waals surface area contributed by atoms with E-state index in [1.807, 2.05) is 6.92 Å². The highest BCUT2D eigenvalue weighted by molar-refractivity contribution is 5.42. The van der Waals surface area contributed by atoms with Gasteiger partial charge in [0.25, 0.3) is 0 Å². The second kappa shape index (κ2) is 6.06. The zero-order valence-electron chi connectivity index (χ0n) is 9.29. The Morgan fingerprint density at radius 2 is 2.20 bits per heavy atom. The molecule has 0 unspecified atom stereocenters. The maximum absolute atomic E-state index is 5.55. The van der Waals surface area contributed by atoms with Gasteiger partial charge in [-0.2, -0.15) is 9.97 Å². The number of aromatic nitrogens is 2. The van der Waals surface area contributed by atoms with Crippen LogP contribution in [0.2, 0.25) is 0 Å². The van der Waals surface area contributed by atoms with Crippen LogP contribution in [0.5, 0.6) is 5.88 Å². The molecule has 0 aliphatic carbocycles. The summed E-state index contributed by atoms with van der Waals surface area (Å²) in [7, 11) is 0. The van der Waals surface area contributed by atoms with Crippen LogP contribution >= 0.6 is 0 Å². The number of unbranched alkanes of at least 4 members (excludes halogenated alkanes) is 1. The van der Waals surface area contributed by atoms with E-state index in [0.29, 0.717) is 18.3 Å². The molecule has 0 amide bonds. The lowest BCUT2D eigenvalue weighted by molar-refractivity contribution is 0.298. The second-order valence-electron chi connectivity index (χ2n) is 3.18. The first-order valence-electron chi connectivity index (χ1n) is 5.27. The van der Waals surface area contributed by atoms with Crippen LogP contribution in [-0.4, -0.2) is 23.1 Å². The maximum Gasteiger partial charge on any atom is 0.225 e. The van der Waals surface area contributed by atoms with Gasteiger partial charge in [0, 0.05) is 12.6 Å². The van der Waals surface area contributed by atoms with Crippen LogP contribution in [0.4, 0.5) is 11.8 Å². The number of nitrogens with zero attached hydrogens (tertiary/aromatic N) is 2. The van der Waals surface area contributed by atoms with Crippen LogP contribution in [0.15, 0.2) is 6.07 Å². The standard InChI is InChI=1S/C10H18N4O/c1-3-5-6-15-9-7-8(12-4-2)13-10(11)14-9/h7H,3-6H2,1-2H3,(H3,11,12,13,14). The molecule has 0 fully saturated rings. The zero-order chi connectivity index (χ0) is 11.1. The molecule has 15 heavy (non-hydrogen) atoms. The summed E-state index contributed by atoms with van der Waals surface area (Å²) in [6.07, 6.45) is 2.11. The molecule has 0 saturated heterocycles. The molecule has 1 aromatic rings. The summed E-state index contributed by atoms with van der Waals surface area (Å²) in [6.45, 7) is 5.57. The van der Waals surface area contributed by atoms with Gasteiger partial charge in [0.2, 0.25) is 11.8 Å². The van der Waals surface area contributed by atoms with Crippen molar-refractivity contribution in [2.75, 3.05) is 24.2 Å². The van der Waals surface area contributed by atoms with Crippen molar-refractivity contribution in [3.05, 3.63) is 6.07 Å². The number of ether oxygens (including phenoxy) is 1. The fraction of sp³-hybridized carbons (Fsp3) is 0.600. The molecule has 1 heterocycles. The maximum atomic E-state index is 5.55. The van der Waals surface area contributed by atoms with Gasteiger partial charge >= 0.3 is 0 Å². The Morgan fingerprint density at radius 3 is 2.87 bits per heavy atom. The number of nitrogen functional groups attached to an aromatic ring is 1. The molecule has 0 aliphatic rings. The number of anilines is 2. The molecule has 0 aromatic carbocycles. The smallest absolute Gasteiger partial charge is 0.225 e. The van der Waals surface area contributed by atoms with Crippen molar-refractivity contribution in [2.24, 2.45) is 0 Å². The second-order valence-corrected chi connectivity index (χ2v) is 3.18. The topological polar surface area (TPSA) is 73.1 Å². The predicted octanol–water partition coefficient (Wildman–Crippen LogP) is 1.67. The van der Waals surface area contributed by atoms with E-state index in [0.717, 1.165) is 19.4 Å². The summed E-state index contributed by atoms with van der Waals surface area (Å²) in [6, 6.07) is 1.76. The van der Waals surface area contributed by atoms with E-state index in [2.05, 4.69) is 22.2 Å². The van der Waals surface area contributed by atoms with Gasteiger partial charge in [-0.1, -0.05) is 13.3 Å². The molecule has 1 aromatic heterocycles. The highest BCUT2D eigenvalue weighted by Gasteiger charge is 2.01. The third-order valence-electron chi connectivity index (χ3n) is 1.83. The number of nitrogens with one attached hydrogen (secondary N) is 1. The molecule has 84 valence electrons. The summed E-state index contributed by atoms with van der Waals surface area (Å²) >= 11 is 0. The Labute approximate surface area is 90.1 Å². The minimum Gasteiger partial charge on any atom is -0.477 e. The van der Waals surface area contributed by atoms with Gasteiger partial charge in [0.05, 0.1) is 6.61 Å². The fourth-order valence-corrected chi connectivity index (χ4v) is 1.11. The largest absolute Gasteiger partial charge is 0.477 e. The summed E-state index contributed by atoms with van der Waals surface area (Å²) in [4.78, 5) is 8.02. The van der Waals surface area contributed by atoms with Crippen molar-refractivity contribution in [1.82, 2.24) is 9.97 Å². The van der Waals surface area contributed by atoms with Crippen molar-refractivity contribution < 1.29 is 4.74 Å². The van der Waals surface area contributed by atoms with Crippen LogP contribution in [0.25, 0.3) is 0 Å². The number of rotatable bonds is 6. The first kappa shape index (κ1) is 11.6. The number of hydrogen-bond acceptors (Lipinski definition) is 5. The van der Waals surface area contributed by atoms with E-state index < -0.39 is 0 Å². The molecule has 0 spiro atoms. The molecule has 0 atom stereocenters. The Kier molecular flexibility index (Phi) is 4.66. The van der Waals surface area contributed by atoms with E-state index in [4.69, 9.17) is 10.5 Å². The van der Waals surface area contributed by atoms with E-state index >= 15 is 0 Å². The molecular formula is C10H18N4O. The van der Waals surface area contributed by atoms with Gasteiger partial charge < -0.3 is 15.8 Å². The lowest BCUT2D eigenvalue weighted by atomic mass is 10.4. The SMILES string of the molecule is CCCCOc1cc(NCC)nc(N)n1. The normalized spacial score (nSPS) is 10.0. The number of nitrogens with two attached hydrogens (primary N) is 1. The predicted molar refractivity (Wildman–Crippen MR) is 61.0 cm³/mol. The van der Waals surface area contributed by atoms with E-state index in [1.54, 1.807) is 6.07 Å². The van der Waals surface area contributed by atoms with Gasteiger partial charge in [-0.15, -0.1) is 0 Å². The molecule has 0 radical (unpaired) electrons. The summed E-state index contributed by atoms with van der Waals surface area (Å²) in [5, 5.41) is 3.07. The highest BCUT2D eigenvalue weighted by Crippen LogP contribution is 2.14. The Hall–Kier alpha value is -1.52. The van der Waals surface area contributed by atoms with Gasteiger partial charge in [0.1, 0.15) is 5.82 Å². The summed E-state index contributed by atoms with van der Waals surface area (Å²) in [5.41, 5.74) is 5.55. The molecule has 0 bridgehead atoms. The van der Waals surface area contributed by atoms with Gasteiger partial charge in [-0.05, 0) is 13.3 Å². The lowest BCUT2D eigenvalue weighted by Gasteiger charge is -2.07. The van der Waals surface area contributed by atoms with Crippen LogP contribution < -0.4 is 15.8 Å². The Balaban J connectivity index is 2.62. The molecule has 0 saturated carbocycles. The highest BCUT2D eigenvalue weighted by atomic mass is 16.5. The molecule has 0 aliphatic heterocycles. The number of hydrogen-bond donors (Lipinski definition) is 2. The zero-order valence-corrected chi connectivity index (χ0v) is 9.29. The van der Waals surface area contributed by atoms with Crippen molar-refractivity contribution >= 4 is 11.8 Å². The van der Waals surface area contributed by atoms with Gasteiger partial charge in [-0.3, -0.25) is 0 Å². The molecular weight excluding hydrogens is 192 g/mol. The third kappa shape index (κ3) is 4.01. The first-order valence-corrected chi connectivity index (χ1v) is 5.27. The van der Waals surface area contributed by atoms with Crippen LogP contribution in [0.1, 0.15) is 26.7 Å².